The van der Waals surface area contributed by atoms with Crippen LogP contribution in [0.15, 0.2) is 84.9 Å². The Labute approximate surface area is 228 Å². The maximum atomic E-state index is 12.9. The van der Waals surface area contributed by atoms with Crippen molar-refractivity contribution in [3.05, 3.63) is 107 Å². The van der Waals surface area contributed by atoms with Gasteiger partial charge in [-0.25, -0.2) is 9.97 Å². The number of hydrogen-bond acceptors (Lipinski definition) is 5. The Hall–Kier alpha value is -3.90. The lowest BCUT2D eigenvalue weighted by molar-refractivity contribution is -0.133. The predicted octanol–water partition coefficient (Wildman–Crippen LogP) is 5.81. The molecular formula is C31H31ClN4O2. The van der Waals surface area contributed by atoms with Gasteiger partial charge in [-0.15, -0.1) is 0 Å². The van der Waals surface area contributed by atoms with E-state index in [0.29, 0.717) is 37.6 Å². The minimum Gasteiger partial charge on any atom is -0.484 e. The molecule has 2 heterocycles. The second kappa shape index (κ2) is 12.1. The van der Waals surface area contributed by atoms with E-state index in [4.69, 9.17) is 26.3 Å². The normalized spacial score (nSPS) is 13.7. The van der Waals surface area contributed by atoms with Gasteiger partial charge >= 0.3 is 0 Å². The van der Waals surface area contributed by atoms with Gasteiger partial charge in [0, 0.05) is 54.4 Å². The number of anilines is 1. The van der Waals surface area contributed by atoms with Gasteiger partial charge in [-0.05, 0) is 43.2 Å². The van der Waals surface area contributed by atoms with Crippen molar-refractivity contribution in [2.75, 3.05) is 37.7 Å². The van der Waals surface area contributed by atoms with E-state index in [-0.39, 0.29) is 12.5 Å². The Morgan fingerprint density at radius 3 is 2.32 bits per heavy atom. The first-order valence-electron chi connectivity index (χ1n) is 12.9. The molecule has 0 aliphatic carbocycles. The van der Waals surface area contributed by atoms with Gasteiger partial charge in [-0.3, -0.25) is 4.79 Å². The topological polar surface area (TPSA) is 58.6 Å². The first kappa shape index (κ1) is 25.7. The molecule has 1 amide bonds. The molecule has 0 atom stereocenters. The molecule has 0 spiro atoms. The summed E-state index contributed by atoms with van der Waals surface area (Å²) in [5.41, 5.74) is 4.19. The summed E-state index contributed by atoms with van der Waals surface area (Å²) in [6.07, 6.45) is 1.55. The Kier molecular flexibility index (Phi) is 8.19. The van der Waals surface area contributed by atoms with Crippen LogP contribution in [0.5, 0.6) is 5.75 Å². The third-order valence-corrected chi connectivity index (χ3v) is 7.02. The number of carbonyl (C=O) groups excluding carboxylic acids is 1. The van der Waals surface area contributed by atoms with Crippen molar-refractivity contribution in [2.24, 2.45) is 0 Å². The predicted molar refractivity (Wildman–Crippen MR) is 152 cm³/mol. The number of hydrogen-bond donors (Lipinski definition) is 0. The maximum Gasteiger partial charge on any atom is 0.260 e. The summed E-state index contributed by atoms with van der Waals surface area (Å²) in [7, 11) is 0. The van der Waals surface area contributed by atoms with E-state index in [1.165, 1.54) is 0 Å². The number of aromatic nitrogens is 2. The van der Waals surface area contributed by atoms with Crippen molar-refractivity contribution in [3.8, 4) is 17.1 Å². The van der Waals surface area contributed by atoms with E-state index in [9.17, 15) is 4.79 Å². The Morgan fingerprint density at radius 1 is 0.868 bits per heavy atom. The van der Waals surface area contributed by atoms with Crippen LogP contribution in [0.25, 0.3) is 11.4 Å². The molecule has 38 heavy (non-hydrogen) atoms. The Morgan fingerprint density at radius 2 is 1.58 bits per heavy atom. The first-order chi connectivity index (χ1) is 18.6. The molecule has 1 fully saturated rings. The number of halogens is 1. The van der Waals surface area contributed by atoms with Gasteiger partial charge in [0.1, 0.15) is 11.6 Å². The number of aryl methyl sites for hydroxylation is 1. The van der Waals surface area contributed by atoms with Crippen molar-refractivity contribution < 1.29 is 9.53 Å². The second-order valence-corrected chi connectivity index (χ2v) is 9.86. The van der Waals surface area contributed by atoms with Crippen LogP contribution in [0.4, 0.5) is 5.82 Å². The van der Waals surface area contributed by atoms with E-state index < -0.39 is 0 Å². The van der Waals surface area contributed by atoms with Gasteiger partial charge in [0.2, 0.25) is 0 Å². The minimum atomic E-state index is 0.000864. The Bertz CT molecular complexity index is 1360. The van der Waals surface area contributed by atoms with Gasteiger partial charge in [-0.1, -0.05) is 72.3 Å². The summed E-state index contributed by atoms with van der Waals surface area (Å²) in [6.45, 7) is 4.89. The molecule has 3 aromatic carbocycles. The third-order valence-electron chi connectivity index (χ3n) is 6.77. The van der Waals surface area contributed by atoms with Gasteiger partial charge in [0.25, 0.3) is 5.91 Å². The van der Waals surface area contributed by atoms with Crippen LogP contribution in [0.1, 0.15) is 23.2 Å². The molecule has 6 nitrogen and oxygen atoms in total. The molecule has 1 aliphatic rings. The highest BCUT2D eigenvalue weighted by atomic mass is 35.5. The number of ether oxygens (including phenoxy) is 1. The van der Waals surface area contributed by atoms with E-state index in [1.54, 1.807) is 0 Å². The molecular weight excluding hydrogens is 496 g/mol. The SMILES string of the molecule is Cc1nc(-c2ccccc2)nc(N2CCCN(C(=O)COc3ccccc3)CC2)c1Cc1ccc(Cl)cc1. The van der Waals surface area contributed by atoms with E-state index in [1.807, 2.05) is 89.8 Å². The fourth-order valence-corrected chi connectivity index (χ4v) is 4.83. The molecule has 0 unspecified atom stereocenters. The zero-order valence-corrected chi connectivity index (χ0v) is 22.3. The zero-order valence-electron chi connectivity index (χ0n) is 21.5. The second-order valence-electron chi connectivity index (χ2n) is 9.43. The molecule has 0 radical (unpaired) electrons. The number of carbonyl (C=O) groups is 1. The average molecular weight is 527 g/mol. The quantitative estimate of drug-likeness (QED) is 0.304. The summed E-state index contributed by atoms with van der Waals surface area (Å²) in [4.78, 5) is 27.1. The highest BCUT2D eigenvalue weighted by Crippen LogP contribution is 2.28. The van der Waals surface area contributed by atoms with Gasteiger partial charge < -0.3 is 14.5 Å². The van der Waals surface area contributed by atoms with Crippen LogP contribution in [0.2, 0.25) is 5.02 Å². The number of nitrogens with zero attached hydrogens (tertiary/aromatic N) is 4. The van der Waals surface area contributed by atoms with Crippen LogP contribution in [-0.4, -0.2) is 53.6 Å². The monoisotopic (exact) mass is 526 g/mol. The fraction of sp³-hybridized carbons (Fsp3) is 0.258. The lowest BCUT2D eigenvalue weighted by Gasteiger charge is -2.26. The smallest absolute Gasteiger partial charge is 0.260 e. The molecule has 4 aromatic rings. The molecule has 194 valence electrons. The van der Waals surface area contributed by atoms with E-state index >= 15 is 0 Å². The standard InChI is InChI=1S/C31H31ClN4O2/c1-23-28(21-24-13-15-26(32)16-14-24)31(34-30(33-23)25-9-4-2-5-10-25)36-18-8-17-35(19-20-36)29(37)22-38-27-11-6-3-7-12-27/h2-7,9-16H,8,17-22H2,1H3. The Balaban J connectivity index is 1.38. The van der Waals surface area contributed by atoms with Crippen LogP contribution >= 0.6 is 11.6 Å². The molecule has 1 saturated heterocycles. The first-order valence-corrected chi connectivity index (χ1v) is 13.3. The van der Waals surface area contributed by atoms with Gasteiger partial charge in [-0.2, -0.15) is 0 Å². The lowest BCUT2D eigenvalue weighted by Crippen LogP contribution is -2.38. The number of benzene rings is 3. The summed E-state index contributed by atoms with van der Waals surface area (Å²) in [5, 5.41) is 0.717. The maximum absolute atomic E-state index is 12.9. The molecule has 7 heteroatoms. The third kappa shape index (κ3) is 6.32. The summed E-state index contributed by atoms with van der Waals surface area (Å²) in [5.74, 6) is 2.35. The van der Waals surface area contributed by atoms with Crippen molar-refractivity contribution in [2.45, 2.75) is 19.8 Å². The molecule has 1 aromatic heterocycles. The highest BCUT2D eigenvalue weighted by molar-refractivity contribution is 6.30. The van der Waals surface area contributed by atoms with E-state index in [0.717, 1.165) is 46.2 Å². The van der Waals surface area contributed by atoms with E-state index in [2.05, 4.69) is 11.8 Å². The number of para-hydroxylation sites is 1. The number of amides is 1. The van der Waals surface area contributed by atoms with Crippen LogP contribution in [0, 0.1) is 6.92 Å². The van der Waals surface area contributed by atoms with Crippen LogP contribution in [-0.2, 0) is 11.2 Å². The van der Waals surface area contributed by atoms with Crippen molar-refractivity contribution in [1.82, 2.24) is 14.9 Å². The molecule has 0 saturated carbocycles. The summed E-state index contributed by atoms with van der Waals surface area (Å²) < 4.78 is 5.71. The van der Waals surface area contributed by atoms with Crippen molar-refractivity contribution in [3.63, 3.8) is 0 Å². The highest BCUT2D eigenvalue weighted by Gasteiger charge is 2.24. The van der Waals surface area contributed by atoms with Gasteiger partial charge in [0.15, 0.2) is 12.4 Å². The molecule has 0 N–H and O–H groups in total. The van der Waals surface area contributed by atoms with Crippen molar-refractivity contribution in [1.29, 1.82) is 0 Å². The van der Waals surface area contributed by atoms with Gasteiger partial charge in [0.05, 0.1) is 0 Å². The average Bonchev–Trinajstić information content (AvgIpc) is 3.21. The lowest BCUT2D eigenvalue weighted by atomic mass is 10.0. The van der Waals surface area contributed by atoms with Crippen LogP contribution in [0.3, 0.4) is 0 Å². The summed E-state index contributed by atoms with van der Waals surface area (Å²) >= 11 is 6.13. The molecule has 5 rings (SSSR count). The zero-order chi connectivity index (χ0) is 26.3. The molecule has 0 bridgehead atoms. The largest absolute Gasteiger partial charge is 0.484 e. The molecule has 1 aliphatic heterocycles. The summed E-state index contributed by atoms with van der Waals surface area (Å²) in [6, 6.07) is 27.4. The van der Waals surface area contributed by atoms with Crippen LogP contribution < -0.4 is 9.64 Å². The fourth-order valence-electron chi connectivity index (χ4n) is 4.70. The van der Waals surface area contributed by atoms with Crippen molar-refractivity contribution >= 4 is 23.3 Å². The number of rotatable bonds is 7. The minimum absolute atomic E-state index is 0.000864.